The van der Waals surface area contributed by atoms with E-state index in [2.05, 4.69) is 15.2 Å². The Bertz CT molecular complexity index is 888. The fourth-order valence-electron chi connectivity index (χ4n) is 3.29. The minimum absolute atomic E-state index is 0.131. The number of carbonyl (C=O) groups is 1. The maximum Gasteiger partial charge on any atom is 0.251 e. The molecule has 0 aliphatic carbocycles. The Morgan fingerprint density at radius 3 is 2.39 bits per heavy atom. The quantitative estimate of drug-likeness (QED) is 0.805. The summed E-state index contributed by atoms with van der Waals surface area (Å²) in [6.45, 7) is 5.94. The molecule has 1 amide bonds. The Kier molecular flexibility index (Phi) is 6.46. The smallest absolute Gasteiger partial charge is 0.251 e. The molecule has 6 nitrogen and oxygen atoms in total. The van der Waals surface area contributed by atoms with Crippen LogP contribution in [0.2, 0.25) is 0 Å². The molecule has 0 saturated carbocycles. The van der Waals surface area contributed by atoms with E-state index in [1.165, 1.54) is 12.1 Å². The van der Waals surface area contributed by atoms with Crippen molar-refractivity contribution in [3.8, 4) is 0 Å². The first kappa shape index (κ1) is 20.5. The van der Waals surface area contributed by atoms with Crippen molar-refractivity contribution in [1.82, 2.24) is 15.2 Å². The molecule has 2 aromatic rings. The second-order valence-electron chi connectivity index (χ2n) is 7.46. The molecule has 1 fully saturated rings. The minimum Gasteiger partial charge on any atom is -0.349 e. The average Bonchev–Trinajstić information content (AvgIpc) is 2.70. The van der Waals surface area contributed by atoms with Gasteiger partial charge in [0.05, 0.1) is 15.8 Å². The Balaban J connectivity index is 1.52. The van der Waals surface area contributed by atoms with Gasteiger partial charge < -0.3 is 5.32 Å². The zero-order chi connectivity index (χ0) is 20.1. The third-order valence-corrected chi connectivity index (χ3v) is 7.27. The van der Waals surface area contributed by atoms with Gasteiger partial charge in [-0.25, -0.2) is 8.42 Å². The van der Waals surface area contributed by atoms with E-state index in [1.807, 2.05) is 18.2 Å². The Morgan fingerprint density at radius 2 is 1.82 bits per heavy atom. The summed E-state index contributed by atoms with van der Waals surface area (Å²) in [6, 6.07) is 12.3. The molecule has 0 bridgehead atoms. The van der Waals surface area contributed by atoms with E-state index >= 15 is 0 Å². The number of amides is 1. The number of benzene rings is 1. The molecule has 0 radical (unpaired) electrons. The lowest BCUT2D eigenvalue weighted by Crippen LogP contribution is -2.44. The summed E-state index contributed by atoms with van der Waals surface area (Å²) < 4.78 is 24.4. The fourth-order valence-corrected chi connectivity index (χ4v) is 4.35. The van der Waals surface area contributed by atoms with Gasteiger partial charge in [0.2, 0.25) is 0 Å². The van der Waals surface area contributed by atoms with Crippen molar-refractivity contribution in [1.29, 1.82) is 0 Å². The molecule has 7 heteroatoms. The molecule has 28 heavy (non-hydrogen) atoms. The van der Waals surface area contributed by atoms with Crippen molar-refractivity contribution in [2.24, 2.45) is 0 Å². The molecule has 2 heterocycles. The number of carbonyl (C=O) groups excluding carboxylic acids is 1. The van der Waals surface area contributed by atoms with Crippen LogP contribution in [0.1, 0.15) is 42.7 Å². The Hall–Kier alpha value is -2.25. The number of nitrogens with one attached hydrogen (secondary N) is 1. The van der Waals surface area contributed by atoms with E-state index < -0.39 is 15.1 Å². The molecular weight excluding hydrogens is 374 g/mol. The van der Waals surface area contributed by atoms with Crippen LogP contribution in [-0.2, 0) is 16.4 Å². The van der Waals surface area contributed by atoms with Crippen LogP contribution in [-0.4, -0.2) is 48.6 Å². The number of pyridine rings is 1. The van der Waals surface area contributed by atoms with Gasteiger partial charge >= 0.3 is 0 Å². The predicted octanol–water partition coefficient (Wildman–Crippen LogP) is 2.66. The average molecular weight is 402 g/mol. The summed E-state index contributed by atoms with van der Waals surface area (Å²) >= 11 is 0. The van der Waals surface area contributed by atoms with Gasteiger partial charge in [-0.15, -0.1) is 0 Å². The van der Waals surface area contributed by atoms with E-state index in [9.17, 15) is 13.2 Å². The van der Waals surface area contributed by atoms with Crippen LogP contribution >= 0.6 is 0 Å². The van der Waals surface area contributed by atoms with Crippen LogP contribution in [0.15, 0.2) is 53.6 Å². The van der Waals surface area contributed by atoms with E-state index in [1.54, 1.807) is 32.2 Å². The number of hydrogen-bond donors (Lipinski definition) is 1. The van der Waals surface area contributed by atoms with Gasteiger partial charge in [-0.1, -0.05) is 6.07 Å². The van der Waals surface area contributed by atoms with Gasteiger partial charge in [-0.2, -0.15) is 0 Å². The van der Waals surface area contributed by atoms with Crippen molar-refractivity contribution in [2.45, 2.75) is 49.4 Å². The summed E-state index contributed by atoms with van der Waals surface area (Å²) in [5.41, 5.74) is 1.54. The fraction of sp³-hybridized carbons (Fsp3) is 0.429. The SMILES string of the molecule is CC(C)S(=O)(=O)c1ccc(C(=O)NC2CCN(Cc3ccccn3)CC2)cc1. The van der Waals surface area contributed by atoms with Gasteiger partial charge in [0.1, 0.15) is 0 Å². The number of hydrogen-bond acceptors (Lipinski definition) is 5. The lowest BCUT2D eigenvalue weighted by Gasteiger charge is -2.32. The van der Waals surface area contributed by atoms with Crippen molar-refractivity contribution in [2.75, 3.05) is 13.1 Å². The summed E-state index contributed by atoms with van der Waals surface area (Å²) in [6.07, 6.45) is 3.58. The van der Waals surface area contributed by atoms with Gasteiger partial charge in [-0.05, 0) is 63.1 Å². The van der Waals surface area contributed by atoms with Gasteiger partial charge in [-0.3, -0.25) is 14.7 Å². The topological polar surface area (TPSA) is 79.4 Å². The van der Waals surface area contributed by atoms with Crippen LogP contribution in [0.4, 0.5) is 0 Å². The number of sulfone groups is 1. The van der Waals surface area contributed by atoms with Crippen LogP contribution < -0.4 is 5.32 Å². The van der Waals surface area contributed by atoms with Crippen LogP contribution in [0.5, 0.6) is 0 Å². The van der Waals surface area contributed by atoms with Gasteiger partial charge in [0.25, 0.3) is 5.91 Å². The number of likely N-dealkylation sites (tertiary alicyclic amines) is 1. The zero-order valence-corrected chi connectivity index (χ0v) is 17.2. The summed E-state index contributed by atoms with van der Waals surface area (Å²) in [5.74, 6) is -0.156. The molecule has 0 spiro atoms. The highest BCUT2D eigenvalue weighted by Gasteiger charge is 2.22. The van der Waals surface area contributed by atoms with Crippen molar-refractivity contribution >= 4 is 15.7 Å². The largest absolute Gasteiger partial charge is 0.349 e. The predicted molar refractivity (Wildman–Crippen MR) is 109 cm³/mol. The molecular formula is C21H27N3O3S. The highest BCUT2D eigenvalue weighted by Crippen LogP contribution is 2.17. The lowest BCUT2D eigenvalue weighted by atomic mass is 10.0. The van der Waals surface area contributed by atoms with Gasteiger partial charge in [0.15, 0.2) is 9.84 Å². The zero-order valence-electron chi connectivity index (χ0n) is 16.3. The molecule has 1 aromatic heterocycles. The maximum atomic E-state index is 12.5. The highest BCUT2D eigenvalue weighted by molar-refractivity contribution is 7.92. The third kappa shape index (κ3) is 4.97. The van der Waals surface area contributed by atoms with E-state index in [0.29, 0.717) is 5.56 Å². The molecule has 1 saturated heterocycles. The molecule has 0 atom stereocenters. The second-order valence-corrected chi connectivity index (χ2v) is 9.97. The normalized spacial score (nSPS) is 16.2. The Morgan fingerprint density at radius 1 is 1.14 bits per heavy atom. The molecule has 0 unspecified atom stereocenters. The van der Waals surface area contributed by atoms with Gasteiger partial charge in [0, 0.05) is 37.4 Å². The van der Waals surface area contributed by atoms with E-state index in [4.69, 9.17) is 0 Å². The lowest BCUT2D eigenvalue weighted by molar-refractivity contribution is 0.0908. The standard InChI is InChI=1S/C21H27N3O3S/c1-16(2)28(26,27)20-8-6-17(7-9-20)21(25)23-18-10-13-24(14-11-18)15-19-5-3-4-12-22-19/h3-9,12,16,18H,10-11,13-15H2,1-2H3,(H,23,25). The monoisotopic (exact) mass is 401 g/mol. The molecule has 1 aliphatic heterocycles. The summed E-state index contributed by atoms with van der Waals surface area (Å²) in [5, 5.41) is 2.59. The number of aromatic nitrogens is 1. The minimum atomic E-state index is -3.32. The molecule has 1 aliphatic rings. The summed E-state index contributed by atoms with van der Waals surface area (Å²) in [4.78, 5) is 19.5. The van der Waals surface area contributed by atoms with E-state index in [-0.39, 0.29) is 16.8 Å². The first-order valence-corrected chi connectivity index (χ1v) is 11.2. The van der Waals surface area contributed by atoms with Crippen molar-refractivity contribution in [3.05, 3.63) is 59.9 Å². The molecule has 1 N–H and O–H groups in total. The van der Waals surface area contributed by atoms with Crippen LogP contribution in [0.25, 0.3) is 0 Å². The van der Waals surface area contributed by atoms with Crippen LogP contribution in [0, 0.1) is 0 Å². The first-order chi connectivity index (χ1) is 13.4. The first-order valence-electron chi connectivity index (χ1n) is 9.63. The molecule has 3 rings (SSSR count). The Labute approximate surface area is 166 Å². The van der Waals surface area contributed by atoms with E-state index in [0.717, 1.165) is 38.2 Å². The highest BCUT2D eigenvalue weighted by atomic mass is 32.2. The second kappa shape index (κ2) is 8.84. The van der Waals surface area contributed by atoms with Crippen LogP contribution in [0.3, 0.4) is 0 Å². The molecule has 150 valence electrons. The molecule has 1 aromatic carbocycles. The van der Waals surface area contributed by atoms with Crippen molar-refractivity contribution in [3.63, 3.8) is 0 Å². The number of piperidine rings is 1. The summed E-state index contributed by atoms with van der Waals surface area (Å²) in [7, 11) is -3.32. The number of nitrogens with zero attached hydrogens (tertiary/aromatic N) is 2. The van der Waals surface area contributed by atoms with Crippen molar-refractivity contribution < 1.29 is 13.2 Å². The maximum absolute atomic E-state index is 12.5. The third-order valence-electron chi connectivity index (χ3n) is 5.10. The number of rotatable bonds is 6.